The fourth-order valence-electron chi connectivity index (χ4n) is 1.56. The van der Waals surface area contributed by atoms with Crippen LogP contribution in [-0.4, -0.2) is 30.4 Å². The van der Waals surface area contributed by atoms with Gasteiger partial charge in [-0.2, -0.15) is 0 Å². The van der Waals surface area contributed by atoms with E-state index in [9.17, 15) is 9.59 Å². The van der Waals surface area contributed by atoms with Crippen LogP contribution in [0.5, 0.6) is 0 Å². The first kappa shape index (κ1) is 12.8. The van der Waals surface area contributed by atoms with E-state index in [0.29, 0.717) is 17.1 Å². The van der Waals surface area contributed by atoms with Crippen LogP contribution in [0.4, 0.5) is 0 Å². The molecule has 1 aliphatic rings. The highest BCUT2D eigenvalue weighted by atomic mass is 35.5. The number of carbonyl (C=O) groups excluding carboxylic acids is 2. The third-order valence-electron chi connectivity index (χ3n) is 2.56. The summed E-state index contributed by atoms with van der Waals surface area (Å²) < 4.78 is 5.09. The summed E-state index contributed by atoms with van der Waals surface area (Å²) in [4.78, 5) is 23.4. The van der Waals surface area contributed by atoms with Gasteiger partial charge in [-0.3, -0.25) is 9.59 Å². The van der Waals surface area contributed by atoms with Crippen LogP contribution < -0.4 is 5.32 Å². The third-order valence-corrected chi connectivity index (χ3v) is 2.81. The predicted molar refractivity (Wildman–Crippen MR) is 67.7 cm³/mol. The number of ether oxygens (including phenoxy) is 1. The number of rotatable bonds is 5. The molecular formula is C13H12ClNO3. The molecule has 18 heavy (non-hydrogen) atoms. The maximum Gasteiger partial charge on any atom is 0.252 e. The minimum atomic E-state index is -0.687. The zero-order chi connectivity index (χ0) is 13.1. The van der Waals surface area contributed by atoms with Crippen molar-refractivity contribution in [1.82, 2.24) is 5.32 Å². The Morgan fingerprint density at radius 2 is 2.00 bits per heavy atom. The molecule has 0 radical (unpaired) electrons. The van der Waals surface area contributed by atoms with E-state index >= 15 is 0 Å². The van der Waals surface area contributed by atoms with E-state index in [1.807, 2.05) is 0 Å². The van der Waals surface area contributed by atoms with Gasteiger partial charge in [-0.05, 0) is 24.3 Å². The molecule has 5 heteroatoms. The monoisotopic (exact) mass is 265 g/mol. The summed E-state index contributed by atoms with van der Waals surface area (Å²) in [5.41, 5.74) is 0.489. The summed E-state index contributed by atoms with van der Waals surface area (Å²) >= 11 is 5.73. The number of ketones is 1. The van der Waals surface area contributed by atoms with Crippen LogP contribution in [0.15, 0.2) is 36.9 Å². The summed E-state index contributed by atoms with van der Waals surface area (Å²) in [6.45, 7) is 3.85. The van der Waals surface area contributed by atoms with E-state index in [0.717, 1.165) is 0 Å². The second-order valence-corrected chi connectivity index (χ2v) is 4.32. The average Bonchev–Trinajstić information content (AvgIpc) is 3.16. The highest BCUT2D eigenvalue weighted by molar-refractivity contribution is 6.30. The molecule has 0 spiro atoms. The number of hydrogen-bond donors (Lipinski definition) is 1. The normalized spacial score (nSPS) is 21.2. The van der Waals surface area contributed by atoms with Crippen LogP contribution >= 0.6 is 11.6 Å². The van der Waals surface area contributed by atoms with Gasteiger partial charge >= 0.3 is 0 Å². The fourth-order valence-corrected chi connectivity index (χ4v) is 1.69. The van der Waals surface area contributed by atoms with Gasteiger partial charge in [0.15, 0.2) is 18.0 Å². The van der Waals surface area contributed by atoms with E-state index in [4.69, 9.17) is 16.3 Å². The molecule has 1 aromatic carbocycles. The van der Waals surface area contributed by atoms with Crippen molar-refractivity contribution in [1.29, 1.82) is 0 Å². The molecule has 1 amide bonds. The van der Waals surface area contributed by atoms with Crippen molar-refractivity contribution in [2.45, 2.75) is 12.2 Å². The topological polar surface area (TPSA) is 58.7 Å². The van der Waals surface area contributed by atoms with E-state index in [1.165, 1.54) is 0 Å². The van der Waals surface area contributed by atoms with E-state index < -0.39 is 12.2 Å². The highest BCUT2D eigenvalue weighted by Crippen LogP contribution is 2.26. The third kappa shape index (κ3) is 2.78. The zero-order valence-corrected chi connectivity index (χ0v) is 10.3. The van der Waals surface area contributed by atoms with Crippen molar-refractivity contribution in [3.05, 3.63) is 47.5 Å². The molecule has 2 unspecified atom stereocenters. The first-order valence-corrected chi connectivity index (χ1v) is 5.85. The van der Waals surface area contributed by atoms with Crippen LogP contribution in [0, 0.1) is 0 Å². The number of amides is 1. The van der Waals surface area contributed by atoms with Crippen molar-refractivity contribution < 1.29 is 14.3 Å². The molecule has 0 aromatic heterocycles. The summed E-state index contributed by atoms with van der Waals surface area (Å²) in [6.07, 6.45) is 0.195. The first-order valence-electron chi connectivity index (χ1n) is 5.47. The Morgan fingerprint density at radius 1 is 1.33 bits per heavy atom. The van der Waals surface area contributed by atoms with Gasteiger partial charge in [0.05, 0.1) is 0 Å². The number of hydrogen-bond acceptors (Lipinski definition) is 3. The summed E-state index contributed by atoms with van der Waals surface area (Å²) in [7, 11) is 0. The van der Waals surface area contributed by atoms with Crippen LogP contribution in [0.3, 0.4) is 0 Å². The quantitative estimate of drug-likeness (QED) is 0.500. The number of carbonyl (C=O) groups is 2. The summed E-state index contributed by atoms with van der Waals surface area (Å²) in [5, 5.41) is 3.14. The minimum Gasteiger partial charge on any atom is -0.350 e. The molecule has 1 N–H and O–H groups in total. The lowest BCUT2D eigenvalue weighted by atomic mass is 10.1. The average molecular weight is 266 g/mol. The number of benzene rings is 1. The lowest BCUT2D eigenvalue weighted by Crippen LogP contribution is -2.30. The molecule has 1 saturated heterocycles. The molecule has 1 fully saturated rings. The van der Waals surface area contributed by atoms with E-state index in [-0.39, 0.29) is 11.7 Å². The van der Waals surface area contributed by atoms with Gasteiger partial charge in [0.25, 0.3) is 5.91 Å². The lowest BCUT2D eigenvalue weighted by molar-refractivity contribution is -0.122. The Hall–Kier alpha value is -1.65. The van der Waals surface area contributed by atoms with Gasteiger partial charge in [0.1, 0.15) is 0 Å². The number of nitrogens with one attached hydrogen (secondary N) is 1. The first-order chi connectivity index (χ1) is 8.63. The van der Waals surface area contributed by atoms with Gasteiger partial charge in [0, 0.05) is 17.1 Å². The molecule has 1 heterocycles. The Kier molecular flexibility index (Phi) is 3.79. The van der Waals surface area contributed by atoms with Crippen LogP contribution in [-0.2, 0) is 9.53 Å². The Labute approximate surface area is 110 Å². The standard InChI is InChI=1S/C13H12ClNO3/c1-2-7-15-13(17)12-11(18-12)10(16)8-3-5-9(14)6-4-8/h2-6,11-12H,1,7H2,(H,15,17). The van der Waals surface area contributed by atoms with Crippen LogP contribution in [0.25, 0.3) is 0 Å². The minimum absolute atomic E-state index is 0.203. The van der Waals surface area contributed by atoms with Gasteiger partial charge < -0.3 is 10.1 Å². The largest absolute Gasteiger partial charge is 0.350 e. The molecule has 1 aromatic rings. The van der Waals surface area contributed by atoms with Crippen molar-refractivity contribution >= 4 is 23.3 Å². The second kappa shape index (κ2) is 5.33. The van der Waals surface area contributed by atoms with Gasteiger partial charge in [0.2, 0.25) is 0 Å². The van der Waals surface area contributed by atoms with Crippen molar-refractivity contribution in [3.63, 3.8) is 0 Å². The van der Waals surface area contributed by atoms with E-state index in [1.54, 1.807) is 30.3 Å². The highest BCUT2D eigenvalue weighted by Gasteiger charge is 2.50. The fraction of sp³-hybridized carbons (Fsp3) is 0.231. The SMILES string of the molecule is C=CCNC(=O)C1OC1C(=O)c1ccc(Cl)cc1. The summed E-state index contributed by atoms with van der Waals surface area (Å²) in [6, 6.07) is 6.49. The molecule has 1 aliphatic heterocycles. The predicted octanol–water partition coefficient (Wildman–Crippen LogP) is 1.59. The van der Waals surface area contributed by atoms with Crippen LogP contribution in [0.1, 0.15) is 10.4 Å². The number of epoxide rings is 1. The number of Topliss-reactive ketones (excluding diaryl/α,β-unsaturated/α-hetero) is 1. The molecule has 2 atom stereocenters. The molecule has 0 aliphatic carbocycles. The lowest BCUT2D eigenvalue weighted by Gasteiger charge is -1.98. The van der Waals surface area contributed by atoms with Crippen LogP contribution in [0.2, 0.25) is 5.02 Å². The molecule has 0 saturated carbocycles. The summed E-state index contributed by atoms with van der Waals surface area (Å²) in [5.74, 6) is -0.493. The molecule has 2 rings (SSSR count). The maximum atomic E-state index is 11.9. The Morgan fingerprint density at radius 3 is 2.61 bits per heavy atom. The molecular weight excluding hydrogens is 254 g/mol. The zero-order valence-electron chi connectivity index (χ0n) is 9.56. The van der Waals surface area contributed by atoms with Gasteiger partial charge in [-0.1, -0.05) is 17.7 Å². The maximum absolute atomic E-state index is 11.9. The smallest absolute Gasteiger partial charge is 0.252 e. The molecule has 94 valence electrons. The van der Waals surface area contributed by atoms with E-state index in [2.05, 4.69) is 11.9 Å². The molecule has 0 bridgehead atoms. The number of halogens is 1. The van der Waals surface area contributed by atoms with Crippen molar-refractivity contribution in [2.75, 3.05) is 6.54 Å². The Balaban J connectivity index is 1.95. The van der Waals surface area contributed by atoms with Crippen molar-refractivity contribution in [3.8, 4) is 0 Å². The van der Waals surface area contributed by atoms with Crippen molar-refractivity contribution in [2.24, 2.45) is 0 Å². The Bertz CT molecular complexity index is 484. The molecule has 4 nitrogen and oxygen atoms in total. The van der Waals surface area contributed by atoms with Gasteiger partial charge in [-0.25, -0.2) is 0 Å². The second-order valence-electron chi connectivity index (χ2n) is 3.88. The van der Waals surface area contributed by atoms with Gasteiger partial charge in [-0.15, -0.1) is 6.58 Å².